The Morgan fingerprint density at radius 3 is 2.71 bits per heavy atom. The first-order chi connectivity index (χ1) is 11.7. The van der Waals surface area contributed by atoms with Crippen molar-refractivity contribution in [3.63, 3.8) is 0 Å². The fourth-order valence-corrected chi connectivity index (χ4v) is 4.24. The summed E-state index contributed by atoms with van der Waals surface area (Å²) in [4.78, 5) is 16.9. The number of methoxy groups -OCH3 is 1. The predicted molar refractivity (Wildman–Crippen MR) is 86.1 cm³/mol. The fourth-order valence-electron chi connectivity index (χ4n) is 4.24. The van der Waals surface area contributed by atoms with E-state index >= 15 is 0 Å². The zero-order valence-corrected chi connectivity index (χ0v) is 14.2. The summed E-state index contributed by atoms with van der Waals surface area (Å²) in [5.74, 6) is 0.458. The summed E-state index contributed by atoms with van der Waals surface area (Å²) in [6.07, 6.45) is 5.52. The van der Waals surface area contributed by atoms with Gasteiger partial charge in [0.15, 0.2) is 0 Å². The summed E-state index contributed by atoms with van der Waals surface area (Å²) in [5, 5.41) is 3.70. The minimum Gasteiger partial charge on any atom is -0.479 e. The zero-order chi connectivity index (χ0) is 16.6. The van der Waals surface area contributed by atoms with Gasteiger partial charge in [-0.25, -0.2) is 0 Å². The van der Waals surface area contributed by atoms with Crippen molar-refractivity contribution in [2.45, 2.75) is 43.7 Å². The molecule has 24 heavy (non-hydrogen) atoms. The third kappa shape index (κ3) is 2.91. The maximum atomic E-state index is 12.5. The van der Waals surface area contributed by atoms with Crippen LogP contribution in [0.15, 0.2) is 10.6 Å². The van der Waals surface area contributed by atoms with E-state index in [0.717, 1.165) is 25.9 Å². The van der Waals surface area contributed by atoms with Crippen molar-refractivity contribution in [1.29, 1.82) is 0 Å². The zero-order valence-electron chi connectivity index (χ0n) is 14.2. The molecular formula is C17H25N3O4. The van der Waals surface area contributed by atoms with E-state index in [1.807, 2.05) is 4.90 Å². The monoisotopic (exact) mass is 335 g/mol. The van der Waals surface area contributed by atoms with Crippen LogP contribution in [-0.2, 0) is 4.74 Å². The van der Waals surface area contributed by atoms with E-state index in [0.29, 0.717) is 25.0 Å². The lowest BCUT2D eigenvalue weighted by Gasteiger charge is -2.38. The van der Waals surface area contributed by atoms with Crippen LogP contribution in [0, 0.1) is 0 Å². The van der Waals surface area contributed by atoms with Crippen LogP contribution < -0.4 is 4.74 Å². The van der Waals surface area contributed by atoms with E-state index in [1.54, 1.807) is 6.07 Å². The molecule has 3 fully saturated rings. The fraction of sp³-hybridized carbons (Fsp3) is 0.765. The van der Waals surface area contributed by atoms with Crippen LogP contribution in [0.3, 0.4) is 0 Å². The maximum Gasteiger partial charge on any atom is 0.292 e. The number of carbonyl (C=O) groups excluding carboxylic acids is 1. The average Bonchev–Trinajstić information content (AvgIpc) is 3.35. The van der Waals surface area contributed by atoms with Gasteiger partial charge in [0.2, 0.25) is 5.76 Å². The highest BCUT2D eigenvalue weighted by atomic mass is 16.5. The molecule has 0 aliphatic carbocycles. The number of ether oxygens (including phenoxy) is 2. The number of hydrogen-bond acceptors (Lipinski definition) is 6. The Hall–Kier alpha value is -1.60. The Balaban J connectivity index is 1.34. The molecule has 4 rings (SSSR count). The van der Waals surface area contributed by atoms with Gasteiger partial charge in [-0.2, -0.15) is 0 Å². The molecule has 1 amide bonds. The Morgan fingerprint density at radius 2 is 2.04 bits per heavy atom. The smallest absolute Gasteiger partial charge is 0.292 e. The molecule has 0 saturated carbocycles. The van der Waals surface area contributed by atoms with Crippen molar-refractivity contribution in [2.24, 2.45) is 0 Å². The molecule has 1 unspecified atom stereocenters. The van der Waals surface area contributed by atoms with Gasteiger partial charge in [0.05, 0.1) is 25.4 Å². The Bertz CT molecular complexity index is 588. The summed E-state index contributed by atoms with van der Waals surface area (Å²) in [6.45, 7) is 4.67. The third-order valence-corrected chi connectivity index (χ3v) is 5.72. The van der Waals surface area contributed by atoms with Crippen molar-refractivity contribution < 1.29 is 18.8 Å². The van der Waals surface area contributed by atoms with Gasteiger partial charge in [-0.05, 0) is 50.4 Å². The van der Waals surface area contributed by atoms with Crippen LogP contribution in [0.5, 0.6) is 5.88 Å². The van der Waals surface area contributed by atoms with Crippen molar-refractivity contribution in [3.05, 3.63) is 11.8 Å². The molecule has 0 bridgehead atoms. The van der Waals surface area contributed by atoms with Gasteiger partial charge in [-0.3, -0.25) is 9.69 Å². The van der Waals surface area contributed by atoms with Crippen LogP contribution in [0.2, 0.25) is 0 Å². The van der Waals surface area contributed by atoms with E-state index < -0.39 is 0 Å². The standard InChI is InChI=1S/C17H25N3O4/c1-22-15-10-14(24-18-15)16(21)20-8-4-17(5-9-20)11-13(12-23-17)19-6-2-3-7-19/h10,13H,2-9,11-12H2,1H3. The topological polar surface area (TPSA) is 68.0 Å². The number of piperidine rings is 1. The van der Waals surface area contributed by atoms with Crippen LogP contribution in [-0.4, -0.2) is 72.4 Å². The van der Waals surface area contributed by atoms with E-state index in [4.69, 9.17) is 14.0 Å². The molecular weight excluding hydrogens is 310 g/mol. The number of rotatable bonds is 3. The molecule has 1 spiro atoms. The van der Waals surface area contributed by atoms with E-state index in [9.17, 15) is 4.79 Å². The first kappa shape index (κ1) is 15.9. The predicted octanol–water partition coefficient (Wildman–Crippen LogP) is 1.54. The van der Waals surface area contributed by atoms with E-state index in [1.165, 1.54) is 33.0 Å². The molecule has 132 valence electrons. The quantitative estimate of drug-likeness (QED) is 0.835. The first-order valence-corrected chi connectivity index (χ1v) is 8.87. The average molecular weight is 335 g/mol. The maximum absolute atomic E-state index is 12.5. The molecule has 0 N–H and O–H groups in total. The van der Waals surface area contributed by atoms with Gasteiger partial charge in [0, 0.05) is 19.1 Å². The Labute approximate surface area is 141 Å². The first-order valence-electron chi connectivity index (χ1n) is 8.87. The van der Waals surface area contributed by atoms with Gasteiger partial charge in [0.1, 0.15) is 0 Å². The van der Waals surface area contributed by atoms with Crippen molar-refractivity contribution in [1.82, 2.24) is 15.0 Å². The lowest BCUT2D eigenvalue weighted by atomic mass is 9.87. The van der Waals surface area contributed by atoms with Crippen molar-refractivity contribution in [3.8, 4) is 5.88 Å². The number of nitrogens with zero attached hydrogens (tertiary/aromatic N) is 3. The molecule has 0 radical (unpaired) electrons. The second-order valence-corrected chi connectivity index (χ2v) is 7.12. The highest BCUT2D eigenvalue weighted by Crippen LogP contribution is 2.38. The molecule has 3 saturated heterocycles. The highest BCUT2D eigenvalue weighted by molar-refractivity contribution is 5.91. The summed E-state index contributed by atoms with van der Waals surface area (Å²) < 4.78 is 16.3. The minimum atomic E-state index is -0.116. The Kier molecular flexibility index (Phi) is 4.22. The normalized spacial score (nSPS) is 27.0. The molecule has 0 aromatic carbocycles. The van der Waals surface area contributed by atoms with Crippen LogP contribution in [0.25, 0.3) is 0 Å². The molecule has 1 aromatic rings. The summed E-state index contributed by atoms with van der Waals surface area (Å²) >= 11 is 0. The van der Waals surface area contributed by atoms with Crippen LogP contribution >= 0.6 is 0 Å². The highest BCUT2D eigenvalue weighted by Gasteiger charge is 2.45. The number of hydrogen-bond donors (Lipinski definition) is 0. The third-order valence-electron chi connectivity index (χ3n) is 5.72. The minimum absolute atomic E-state index is 0.0386. The Morgan fingerprint density at radius 1 is 1.29 bits per heavy atom. The van der Waals surface area contributed by atoms with Gasteiger partial charge < -0.3 is 18.9 Å². The van der Waals surface area contributed by atoms with Gasteiger partial charge in [-0.1, -0.05) is 0 Å². The molecule has 3 aliphatic heterocycles. The SMILES string of the molecule is COc1cc(C(=O)N2CCC3(CC2)CC(N2CCCC2)CO3)on1. The molecule has 1 aromatic heterocycles. The van der Waals surface area contributed by atoms with Crippen molar-refractivity contribution >= 4 is 5.91 Å². The largest absolute Gasteiger partial charge is 0.479 e. The second kappa shape index (κ2) is 6.37. The van der Waals surface area contributed by atoms with Crippen LogP contribution in [0.4, 0.5) is 0 Å². The van der Waals surface area contributed by atoms with Crippen LogP contribution in [0.1, 0.15) is 42.7 Å². The van der Waals surface area contributed by atoms with Gasteiger partial charge >= 0.3 is 0 Å². The molecule has 1 atom stereocenters. The lowest BCUT2D eigenvalue weighted by Crippen LogP contribution is -2.47. The van der Waals surface area contributed by atoms with Gasteiger partial charge in [0.25, 0.3) is 11.8 Å². The summed E-state index contributed by atoms with van der Waals surface area (Å²) in [6, 6.07) is 2.11. The number of carbonyl (C=O) groups is 1. The molecule has 3 aliphatic rings. The summed E-state index contributed by atoms with van der Waals surface area (Å²) in [5.41, 5.74) is -0.0386. The molecule has 7 heteroatoms. The molecule has 7 nitrogen and oxygen atoms in total. The number of aromatic nitrogens is 1. The van der Waals surface area contributed by atoms with E-state index in [-0.39, 0.29) is 17.3 Å². The van der Waals surface area contributed by atoms with E-state index in [2.05, 4.69) is 10.1 Å². The molecule has 4 heterocycles. The number of likely N-dealkylation sites (tertiary alicyclic amines) is 2. The summed E-state index contributed by atoms with van der Waals surface area (Å²) in [7, 11) is 1.50. The van der Waals surface area contributed by atoms with Gasteiger partial charge in [-0.15, -0.1) is 0 Å². The number of amides is 1. The van der Waals surface area contributed by atoms with Crippen molar-refractivity contribution in [2.75, 3.05) is 39.9 Å². The lowest BCUT2D eigenvalue weighted by molar-refractivity contribution is -0.0398. The second-order valence-electron chi connectivity index (χ2n) is 7.12.